The number of amides is 1. The average molecular weight is 498 g/mol. The Kier molecular flexibility index (Phi) is 5.12. The number of carbonyl (C=O) groups is 1. The van der Waals surface area contributed by atoms with Crippen molar-refractivity contribution in [3.63, 3.8) is 0 Å². The summed E-state index contributed by atoms with van der Waals surface area (Å²) in [6, 6.07) is 9.62. The zero-order chi connectivity index (χ0) is 24.4. The van der Waals surface area contributed by atoms with Gasteiger partial charge in [0.2, 0.25) is 5.43 Å². The Morgan fingerprint density at radius 3 is 2.74 bits per heavy atom. The molecule has 1 amide bonds. The molecule has 4 heterocycles. The predicted octanol–water partition coefficient (Wildman–Crippen LogP) is 3.29. The minimum absolute atomic E-state index is 0.155. The molecular weight excluding hydrogens is 476 g/mol. The molecule has 1 saturated heterocycles. The van der Waals surface area contributed by atoms with Gasteiger partial charge in [0.25, 0.3) is 5.91 Å². The van der Waals surface area contributed by atoms with Crippen LogP contribution in [0.2, 0.25) is 0 Å². The number of benzene rings is 2. The lowest BCUT2D eigenvalue weighted by molar-refractivity contribution is -0.0198. The highest BCUT2D eigenvalue weighted by molar-refractivity contribution is 7.98. The van der Waals surface area contributed by atoms with E-state index in [4.69, 9.17) is 4.74 Å². The Balaban J connectivity index is 1.69. The molecular formula is C25H21F2N3O4S. The average Bonchev–Trinajstić information content (AvgIpc) is 3.02. The number of pyridine rings is 1. The number of carbonyl (C=O) groups excluding carboxylic acids is 1. The van der Waals surface area contributed by atoms with E-state index in [9.17, 15) is 19.1 Å². The fraction of sp³-hybridized carbons (Fsp3) is 0.280. The molecule has 3 aliphatic heterocycles. The molecule has 0 bridgehead atoms. The van der Waals surface area contributed by atoms with Crippen LogP contribution in [0.3, 0.4) is 0 Å². The van der Waals surface area contributed by atoms with Crippen molar-refractivity contribution in [1.29, 1.82) is 0 Å². The topological polar surface area (TPSA) is 75.0 Å². The van der Waals surface area contributed by atoms with Gasteiger partial charge in [0.1, 0.15) is 6.17 Å². The van der Waals surface area contributed by atoms with Gasteiger partial charge in [-0.15, -0.1) is 11.8 Å². The molecule has 1 aromatic heterocycles. The summed E-state index contributed by atoms with van der Waals surface area (Å²) >= 11 is 1.41. The Morgan fingerprint density at radius 2 is 1.91 bits per heavy atom. The second kappa shape index (κ2) is 8.10. The fourth-order valence-electron chi connectivity index (χ4n) is 5.16. The molecule has 0 saturated carbocycles. The molecule has 7 nitrogen and oxygen atoms in total. The molecule has 10 heteroatoms. The predicted molar refractivity (Wildman–Crippen MR) is 125 cm³/mol. The number of nitrogens with zero attached hydrogens (tertiary/aromatic N) is 3. The number of aryl methyl sites for hydroxylation is 1. The minimum Gasteiger partial charge on any atom is -0.502 e. The van der Waals surface area contributed by atoms with Crippen LogP contribution in [-0.4, -0.2) is 46.5 Å². The second-order valence-corrected chi connectivity index (χ2v) is 9.79. The second-order valence-electron chi connectivity index (χ2n) is 8.78. The summed E-state index contributed by atoms with van der Waals surface area (Å²) in [5.74, 6) is -2.72. The highest BCUT2D eigenvalue weighted by atomic mass is 32.2. The lowest BCUT2D eigenvalue weighted by Crippen LogP contribution is -2.66. The van der Waals surface area contributed by atoms with Gasteiger partial charge in [-0.25, -0.2) is 8.78 Å². The molecule has 2 aromatic carbocycles. The number of hydrogen-bond acceptors (Lipinski definition) is 6. The highest BCUT2D eigenvalue weighted by Crippen LogP contribution is 2.45. The summed E-state index contributed by atoms with van der Waals surface area (Å²) < 4.78 is 36.7. The summed E-state index contributed by atoms with van der Waals surface area (Å²) in [6.45, 7) is 2.29. The van der Waals surface area contributed by atoms with Crippen molar-refractivity contribution in [1.82, 2.24) is 9.58 Å². The Hall–Kier alpha value is -3.37. The van der Waals surface area contributed by atoms with Gasteiger partial charge in [0.05, 0.1) is 19.3 Å². The first-order valence-electron chi connectivity index (χ1n) is 11.2. The van der Waals surface area contributed by atoms with Crippen LogP contribution in [0.5, 0.6) is 5.75 Å². The van der Waals surface area contributed by atoms with E-state index in [-0.39, 0.29) is 35.7 Å². The van der Waals surface area contributed by atoms with Gasteiger partial charge in [-0.3, -0.25) is 19.3 Å². The van der Waals surface area contributed by atoms with E-state index in [2.05, 4.69) is 0 Å². The summed E-state index contributed by atoms with van der Waals surface area (Å²) in [4.78, 5) is 28.5. The quantitative estimate of drug-likeness (QED) is 0.556. The number of fused-ring (bicyclic) bond motifs is 4. The number of aromatic nitrogens is 1. The smallest absolute Gasteiger partial charge is 0.278 e. The van der Waals surface area contributed by atoms with Crippen molar-refractivity contribution in [2.75, 3.05) is 24.8 Å². The maximum Gasteiger partial charge on any atom is 0.278 e. The molecule has 3 aromatic rings. The summed E-state index contributed by atoms with van der Waals surface area (Å²) in [5.41, 5.74) is 1.08. The maximum atomic E-state index is 15.1. The first kappa shape index (κ1) is 22.1. The number of halogens is 2. The van der Waals surface area contributed by atoms with Crippen molar-refractivity contribution in [2.45, 2.75) is 29.8 Å². The van der Waals surface area contributed by atoms with Gasteiger partial charge in [0, 0.05) is 34.5 Å². The minimum atomic E-state index is -0.928. The molecule has 0 spiro atoms. The molecule has 2 atom stereocenters. The van der Waals surface area contributed by atoms with Crippen molar-refractivity contribution in [2.24, 2.45) is 0 Å². The zero-order valence-corrected chi connectivity index (χ0v) is 19.5. The number of ether oxygens (including phenoxy) is 1. The van der Waals surface area contributed by atoms with Crippen LogP contribution in [0, 0.1) is 18.6 Å². The van der Waals surface area contributed by atoms with E-state index in [1.807, 2.05) is 29.3 Å². The summed E-state index contributed by atoms with van der Waals surface area (Å²) in [6.07, 6.45) is 0.911. The normalized spacial score (nSPS) is 21.1. The lowest BCUT2D eigenvalue weighted by Gasteiger charge is -2.51. The Morgan fingerprint density at radius 1 is 1.11 bits per heavy atom. The first-order valence-corrected chi connectivity index (χ1v) is 12.2. The van der Waals surface area contributed by atoms with Crippen molar-refractivity contribution >= 4 is 17.7 Å². The molecule has 3 aliphatic rings. The number of thioether (sulfide) groups is 1. The number of morpholine rings is 1. The molecule has 180 valence electrons. The number of aromatic hydroxyl groups is 1. The highest BCUT2D eigenvalue weighted by Gasteiger charge is 2.46. The van der Waals surface area contributed by atoms with E-state index >= 15 is 4.39 Å². The fourth-order valence-corrected chi connectivity index (χ4v) is 6.28. The van der Waals surface area contributed by atoms with Crippen molar-refractivity contribution in [3.05, 3.63) is 92.4 Å². The molecule has 6 rings (SSSR count). The van der Waals surface area contributed by atoms with Crippen LogP contribution in [0.25, 0.3) is 0 Å². The van der Waals surface area contributed by atoms with Gasteiger partial charge in [-0.2, -0.15) is 0 Å². The van der Waals surface area contributed by atoms with Gasteiger partial charge in [-0.1, -0.05) is 24.3 Å². The third kappa shape index (κ3) is 3.20. The van der Waals surface area contributed by atoms with E-state index in [0.717, 1.165) is 16.5 Å². The standard InChI is InChI=1S/C25H21F2N3O4S/c1-13-10-29-22(24(32)23(13)31)25(33)28-8-9-34-11-19(28)30(29)21-14-6-7-17(26)20(27)16(14)12-35-18-5-3-2-4-15(18)21/h2-7,10,19,21,32H,8-9,11-12H2,1H3/t19-,21+/m1/s1. The summed E-state index contributed by atoms with van der Waals surface area (Å²) in [5, 5.41) is 12.6. The number of hydrogen-bond donors (Lipinski definition) is 1. The Bertz CT molecular complexity index is 1440. The largest absolute Gasteiger partial charge is 0.502 e. The molecule has 35 heavy (non-hydrogen) atoms. The van der Waals surface area contributed by atoms with E-state index < -0.39 is 40.9 Å². The number of rotatable bonds is 1. The Labute approximate surface area is 203 Å². The van der Waals surface area contributed by atoms with Crippen LogP contribution in [-0.2, 0) is 10.5 Å². The molecule has 0 aliphatic carbocycles. The van der Waals surface area contributed by atoms with E-state index in [1.165, 1.54) is 22.6 Å². The van der Waals surface area contributed by atoms with Crippen LogP contribution >= 0.6 is 11.8 Å². The van der Waals surface area contributed by atoms with E-state index in [1.54, 1.807) is 17.9 Å². The van der Waals surface area contributed by atoms with Gasteiger partial charge >= 0.3 is 0 Å². The van der Waals surface area contributed by atoms with Gasteiger partial charge in [-0.05, 0) is 30.2 Å². The molecule has 0 unspecified atom stereocenters. The monoisotopic (exact) mass is 497 g/mol. The molecule has 1 N–H and O–H groups in total. The van der Waals surface area contributed by atoms with Crippen LogP contribution in [0.1, 0.15) is 38.8 Å². The van der Waals surface area contributed by atoms with Gasteiger partial charge < -0.3 is 14.7 Å². The molecule has 1 fully saturated rings. The van der Waals surface area contributed by atoms with Crippen LogP contribution in [0.15, 0.2) is 52.3 Å². The van der Waals surface area contributed by atoms with Crippen LogP contribution < -0.4 is 10.4 Å². The van der Waals surface area contributed by atoms with Gasteiger partial charge in [0.15, 0.2) is 23.1 Å². The summed E-state index contributed by atoms with van der Waals surface area (Å²) in [7, 11) is 0. The lowest BCUT2D eigenvalue weighted by atomic mass is 9.93. The van der Waals surface area contributed by atoms with Crippen molar-refractivity contribution < 1.29 is 23.4 Å². The zero-order valence-electron chi connectivity index (χ0n) is 18.7. The molecule has 0 radical (unpaired) electrons. The first-order chi connectivity index (χ1) is 16.9. The third-order valence-corrected chi connectivity index (χ3v) is 7.96. The van der Waals surface area contributed by atoms with Crippen molar-refractivity contribution in [3.8, 4) is 5.75 Å². The van der Waals surface area contributed by atoms with Crippen LogP contribution in [0.4, 0.5) is 8.78 Å². The van der Waals surface area contributed by atoms with E-state index in [0.29, 0.717) is 12.2 Å². The third-order valence-electron chi connectivity index (χ3n) is 6.84. The SMILES string of the molecule is Cc1cn2c(c(O)c1=O)C(=O)N1CCOC[C@H]1N2[C@@H]1c2ccccc2SCc2c1ccc(F)c2F. The maximum absolute atomic E-state index is 15.1.